The van der Waals surface area contributed by atoms with E-state index in [2.05, 4.69) is 9.47 Å². The van der Waals surface area contributed by atoms with Crippen molar-refractivity contribution in [2.75, 3.05) is 13.2 Å². The molecule has 2 N–H and O–H groups in total. The Balaban J connectivity index is 5.42. The molecule has 0 bridgehead atoms. The summed E-state index contributed by atoms with van der Waals surface area (Å²) in [7, 11) is 0. The Bertz CT molecular complexity index is 512. The quantitative estimate of drug-likeness (QED) is 0.322. The number of aliphatic hydroxyl groups excluding tert-OH is 2. The standard InChI is InChI=1S/C13H14N2O6/c1-3-20-12(18)8(6-14)10(16)5-11(17)9(7-15)13(19)21-4-2/h16-17H,3-5H2,1-2H3. The van der Waals surface area contributed by atoms with Gasteiger partial charge in [-0.3, -0.25) is 0 Å². The number of esters is 2. The van der Waals surface area contributed by atoms with Gasteiger partial charge in [-0.1, -0.05) is 0 Å². The molecule has 0 aliphatic carbocycles. The maximum atomic E-state index is 11.4. The highest BCUT2D eigenvalue weighted by Gasteiger charge is 2.21. The van der Waals surface area contributed by atoms with Gasteiger partial charge in [-0.15, -0.1) is 0 Å². The van der Waals surface area contributed by atoms with Crippen LogP contribution in [-0.4, -0.2) is 35.4 Å². The topological polar surface area (TPSA) is 141 Å². The van der Waals surface area contributed by atoms with Gasteiger partial charge in [0.05, 0.1) is 19.6 Å². The molecule has 0 atom stereocenters. The van der Waals surface area contributed by atoms with Crippen molar-refractivity contribution in [3.8, 4) is 12.1 Å². The van der Waals surface area contributed by atoms with Gasteiger partial charge in [0.1, 0.15) is 23.7 Å². The monoisotopic (exact) mass is 294 g/mol. The van der Waals surface area contributed by atoms with Gasteiger partial charge in [0.15, 0.2) is 11.1 Å². The Morgan fingerprint density at radius 2 is 1.24 bits per heavy atom. The Morgan fingerprint density at radius 3 is 1.48 bits per heavy atom. The van der Waals surface area contributed by atoms with Crippen LogP contribution in [0, 0.1) is 22.7 Å². The fraction of sp³-hybridized carbons (Fsp3) is 0.385. The Morgan fingerprint density at radius 1 is 0.905 bits per heavy atom. The molecule has 0 aromatic carbocycles. The van der Waals surface area contributed by atoms with E-state index in [1.165, 1.54) is 26.0 Å². The van der Waals surface area contributed by atoms with Gasteiger partial charge in [0, 0.05) is 0 Å². The normalized spacial score (nSPS) is 12.2. The van der Waals surface area contributed by atoms with E-state index in [0.29, 0.717) is 0 Å². The molecule has 0 amide bonds. The van der Waals surface area contributed by atoms with Crippen molar-refractivity contribution in [2.24, 2.45) is 0 Å². The van der Waals surface area contributed by atoms with Crippen LogP contribution >= 0.6 is 0 Å². The number of ether oxygens (including phenoxy) is 2. The predicted octanol–water partition coefficient (Wildman–Crippen LogP) is 1.17. The molecule has 0 saturated carbocycles. The molecular formula is C13H14N2O6. The lowest BCUT2D eigenvalue weighted by atomic mass is 10.1. The lowest BCUT2D eigenvalue weighted by Crippen LogP contribution is -2.12. The number of nitriles is 2. The molecule has 0 aliphatic heterocycles. The number of aliphatic hydroxyl groups is 2. The van der Waals surface area contributed by atoms with Crippen LogP contribution in [0.15, 0.2) is 22.7 Å². The van der Waals surface area contributed by atoms with Crippen molar-refractivity contribution in [3.63, 3.8) is 0 Å². The van der Waals surface area contributed by atoms with Crippen LogP contribution in [0.1, 0.15) is 20.3 Å². The maximum Gasteiger partial charge on any atom is 0.352 e. The summed E-state index contributed by atoms with van der Waals surface area (Å²) in [6, 6.07) is 2.85. The number of rotatable bonds is 6. The highest BCUT2D eigenvalue weighted by Crippen LogP contribution is 2.16. The average Bonchev–Trinajstić information content (AvgIpc) is 2.40. The molecule has 112 valence electrons. The van der Waals surface area contributed by atoms with Gasteiger partial charge in [-0.05, 0) is 13.8 Å². The first-order chi connectivity index (χ1) is 9.92. The molecular weight excluding hydrogens is 280 g/mol. The van der Waals surface area contributed by atoms with E-state index in [-0.39, 0.29) is 13.2 Å². The fourth-order valence-corrected chi connectivity index (χ4v) is 1.20. The van der Waals surface area contributed by atoms with Crippen molar-refractivity contribution in [1.29, 1.82) is 10.5 Å². The molecule has 21 heavy (non-hydrogen) atoms. The Kier molecular flexibility index (Phi) is 7.71. The van der Waals surface area contributed by atoms with Crippen LogP contribution < -0.4 is 0 Å². The third kappa shape index (κ3) is 5.25. The fourth-order valence-electron chi connectivity index (χ4n) is 1.20. The zero-order chi connectivity index (χ0) is 16.4. The minimum atomic E-state index is -1.07. The number of hydrogen-bond donors (Lipinski definition) is 2. The van der Waals surface area contributed by atoms with Crippen molar-refractivity contribution in [2.45, 2.75) is 20.3 Å². The molecule has 8 heteroatoms. The molecule has 0 aliphatic rings. The van der Waals surface area contributed by atoms with Crippen molar-refractivity contribution < 1.29 is 29.3 Å². The first-order valence-electron chi connectivity index (χ1n) is 5.91. The smallest absolute Gasteiger partial charge is 0.352 e. The molecule has 8 nitrogen and oxygen atoms in total. The molecule has 0 aromatic rings. The highest BCUT2D eigenvalue weighted by atomic mass is 16.5. The molecule has 0 aromatic heterocycles. The Hall–Kier alpha value is -3.00. The second kappa shape index (κ2) is 8.99. The highest BCUT2D eigenvalue weighted by molar-refractivity contribution is 5.94. The number of carbonyl (C=O) groups is 2. The first kappa shape index (κ1) is 18.0. The number of nitrogens with zero attached hydrogens (tertiary/aromatic N) is 2. The average molecular weight is 294 g/mol. The van der Waals surface area contributed by atoms with Crippen molar-refractivity contribution in [1.82, 2.24) is 0 Å². The summed E-state index contributed by atoms with van der Waals surface area (Å²) < 4.78 is 9.07. The third-order valence-corrected chi connectivity index (χ3v) is 2.09. The second-order valence-electron chi connectivity index (χ2n) is 3.48. The molecule has 0 rings (SSSR count). The maximum absolute atomic E-state index is 11.4. The van der Waals surface area contributed by atoms with Crippen LogP contribution in [0.5, 0.6) is 0 Å². The molecule has 0 spiro atoms. The van der Waals surface area contributed by atoms with E-state index in [0.717, 1.165) is 0 Å². The van der Waals surface area contributed by atoms with Gasteiger partial charge in [-0.2, -0.15) is 10.5 Å². The molecule has 0 radical (unpaired) electrons. The summed E-state index contributed by atoms with van der Waals surface area (Å²) in [5.74, 6) is -3.77. The number of carbonyl (C=O) groups excluding carboxylic acids is 2. The van der Waals surface area contributed by atoms with Gasteiger partial charge >= 0.3 is 11.9 Å². The van der Waals surface area contributed by atoms with E-state index >= 15 is 0 Å². The predicted molar refractivity (Wildman–Crippen MR) is 68.4 cm³/mol. The zero-order valence-electron chi connectivity index (χ0n) is 11.5. The van der Waals surface area contributed by atoms with Gasteiger partial charge in [-0.25, -0.2) is 9.59 Å². The lowest BCUT2D eigenvalue weighted by Gasteiger charge is -2.06. The first-order valence-corrected chi connectivity index (χ1v) is 5.91. The number of hydrogen-bond acceptors (Lipinski definition) is 8. The lowest BCUT2D eigenvalue weighted by molar-refractivity contribution is -0.139. The minimum absolute atomic E-state index is 0.00855. The summed E-state index contributed by atoms with van der Waals surface area (Å²) in [6.45, 7) is 3.00. The minimum Gasteiger partial charge on any atom is -0.510 e. The molecule has 0 heterocycles. The van der Waals surface area contributed by atoms with Crippen molar-refractivity contribution in [3.05, 3.63) is 22.7 Å². The molecule has 0 unspecified atom stereocenters. The van der Waals surface area contributed by atoms with E-state index < -0.39 is 41.0 Å². The van der Waals surface area contributed by atoms with Crippen LogP contribution in [0.3, 0.4) is 0 Å². The van der Waals surface area contributed by atoms with E-state index in [4.69, 9.17) is 10.5 Å². The van der Waals surface area contributed by atoms with E-state index in [9.17, 15) is 19.8 Å². The van der Waals surface area contributed by atoms with Crippen LogP contribution in [-0.2, 0) is 19.1 Å². The van der Waals surface area contributed by atoms with Crippen LogP contribution in [0.2, 0.25) is 0 Å². The van der Waals surface area contributed by atoms with E-state index in [1.807, 2.05) is 0 Å². The van der Waals surface area contributed by atoms with E-state index in [1.54, 1.807) is 0 Å². The summed E-state index contributed by atoms with van der Waals surface area (Å²) in [5, 5.41) is 36.8. The summed E-state index contributed by atoms with van der Waals surface area (Å²) in [5.41, 5.74) is -1.44. The van der Waals surface area contributed by atoms with Crippen molar-refractivity contribution >= 4 is 11.9 Å². The second-order valence-corrected chi connectivity index (χ2v) is 3.48. The van der Waals surface area contributed by atoms with Gasteiger partial charge < -0.3 is 19.7 Å². The third-order valence-electron chi connectivity index (χ3n) is 2.09. The summed E-state index contributed by atoms with van der Waals surface area (Å²) in [6.07, 6.45) is -0.747. The van der Waals surface area contributed by atoms with Crippen LogP contribution in [0.4, 0.5) is 0 Å². The summed E-state index contributed by atoms with van der Waals surface area (Å²) >= 11 is 0. The molecule has 0 saturated heterocycles. The Labute approximate surface area is 121 Å². The van der Waals surface area contributed by atoms with Gasteiger partial charge in [0.25, 0.3) is 0 Å². The van der Waals surface area contributed by atoms with Gasteiger partial charge in [0.2, 0.25) is 0 Å². The molecule has 0 fully saturated rings. The SMILES string of the molecule is CCOC(=O)C(C#N)=C(O)CC(O)=C(C#N)C(=O)OCC. The summed E-state index contributed by atoms with van der Waals surface area (Å²) in [4.78, 5) is 22.7. The van der Waals surface area contributed by atoms with Crippen LogP contribution in [0.25, 0.3) is 0 Å². The zero-order valence-corrected chi connectivity index (χ0v) is 11.5. The largest absolute Gasteiger partial charge is 0.510 e.